The number of aryl methyl sites for hydroxylation is 1. The summed E-state index contributed by atoms with van der Waals surface area (Å²) in [6.07, 6.45) is 4.56. The second-order valence-corrected chi connectivity index (χ2v) is 5.49. The third kappa shape index (κ3) is 2.69. The molecule has 2 heterocycles. The first-order valence-corrected chi connectivity index (χ1v) is 7.20. The molecule has 0 spiro atoms. The van der Waals surface area contributed by atoms with E-state index in [0.29, 0.717) is 6.54 Å². The van der Waals surface area contributed by atoms with Crippen molar-refractivity contribution in [2.24, 2.45) is 7.05 Å². The normalized spacial score (nSPS) is 13.8. The molecule has 0 atom stereocenters. The Morgan fingerprint density at radius 1 is 1.48 bits per heavy atom. The molecule has 0 fully saturated rings. The molecule has 1 amide bonds. The highest BCUT2D eigenvalue weighted by molar-refractivity contribution is 5.95. The Labute approximate surface area is 124 Å². The molecule has 1 aromatic carbocycles. The Bertz CT molecular complexity index is 662. The average Bonchev–Trinajstić information content (AvgIpc) is 2.91. The fraction of sp³-hybridized carbons (Fsp3) is 0.375. The number of nitrogens with zero attached hydrogens (tertiary/aromatic N) is 3. The summed E-state index contributed by atoms with van der Waals surface area (Å²) in [6.45, 7) is 2.30. The Balaban J connectivity index is 1.83. The number of hydrogen-bond donors (Lipinski definition) is 1. The van der Waals surface area contributed by atoms with E-state index in [1.165, 1.54) is 11.1 Å². The van der Waals surface area contributed by atoms with Gasteiger partial charge in [0.15, 0.2) is 0 Å². The number of rotatable bonds is 3. The maximum absolute atomic E-state index is 12.7. The largest absolute Gasteiger partial charge is 0.337 e. The molecule has 5 heteroatoms. The standard InChI is InChI=1S/C16H20N4O/c1-19-9-8-18-15(19)11-20(2)16(21)14-5-3-4-12-10-17-7-6-13(12)14/h3-5,8-9,17H,6-7,10-11H2,1-2H3. The lowest BCUT2D eigenvalue weighted by molar-refractivity contribution is 0.0779. The third-order valence-corrected chi connectivity index (χ3v) is 4.02. The summed E-state index contributed by atoms with van der Waals surface area (Å²) in [6, 6.07) is 5.99. The average molecular weight is 284 g/mol. The molecular weight excluding hydrogens is 264 g/mol. The third-order valence-electron chi connectivity index (χ3n) is 4.02. The molecule has 1 aliphatic heterocycles. The number of carbonyl (C=O) groups is 1. The Kier molecular flexibility index (Phi) is 3.75. The summed E-state index contributed by atoms with van der Waals surface area (Å²) in [5, 5.41) is 3.34. The highest BCUT2D eigenvalue weighted by Gasteiger charge is 2.20. The van der Waals surface area contributed by atoms with Crippen molar-refractivity contribution in [1.29, 1.82) is 0 Å². The van der Waals surface area contributed by atoms with Gasteiger partial charge in [-0.25, -0.2) is 4.98 Å². The molecule has 0 saturated carbocycles. The van der Waals surface area contributed by atoms with Crippen LogP contribution in [-0.2, 0) is 26.6 Å². The molecule has 0 unspecified atom stereocenters. The molecule has 0 saturated heterocycles. The summed E-state index contributed by atoms with van der Waals surface area (Å²) in [7, 11) is 3.77. The number of nitrogens with one attached hydrogen (secondary N) is 1. The number of carbonyl (C=O) groups excluding carboxylic acids is 1. The van der Waals surface area contributed by atoms with Crippen LogP contribution in [0.15, 0.2) is 30.6 Å². The second kappa shape index (κ2) is 5.69. The number of hydrogen-bond acceptors (Lipinski definition) is 3. The van der Waals surface area contributed by atoms with Crippen molar-refractivity contribution < 1.29 is 4.79 Å². The molecule has 5 nitrogen and oxygen atoms in total. The monoisotopic (exact) mass is 284 g/mol. The van der Waals surface area contributed by atoms with Crippen molar-refractivity contribution in [2.75, 3.05) is 13.6 Å². The lowest BCUT2D eigenvalue weighted by Crippen LogP contribution is -2.31. The van der Waals surface area contributed by atoms with Gasteiger partial charge < -0.3 is 14.8 Å². The van der Waals surface area contributed by atoms with Crippen LogP contribution < -0.4 is 5.32 Å². The van der Waals surface area contributed by atoms with Crippen molar-refractivity contribution in [3.63, 3.8) is 0 Å². The van der Waals surface area contributed by atoms with Gasteiger partial charge in [-0.3, -0.25) is 4.79 Å². The number of amides is 1. The lowest BCUT2D eigenvalue weighted by atomic mass is 9.95. The van der Waals surface area contributed by atoms with Crippen LogP contribution in [0.5, 0.6) is 0 Å². The number of aromatic nitrogens is 2. The quantitative estimate of drug-likeness (QED) is 0.925. The van der Waals surface area contributed by atoms with Gasteiger partial charge in [0.05, 0.1) is 6.54 Å². The summed E-state index contributed by atoms with van der Waals surface area (Å²) < 4.78 is 1.94. The van der Waals surface area contributed by atoms with E-state index >= 15 is 0 Å². The van der Waals surface area contributed by atoms with E-state index < -0.39 is 0 Å². The van der Waals surface area contributed by atoms with Crippen LogP contribution in [0.2, 0.25) is 0 Å². The Hall–Kier alpha value is -2.14. The molecule has 0 aliphatic carbocycles. The molecule has 1 aromatic heterocycles. The smallest absolute Gasteiger partial charge is 0.254 e. The molecule has 2 aromatic rings. The second-order valence-electron chi connectivity index (χ2n) is 5.49. The van der Waals surface area contributed by atoms with Gasteiger partial charge in [-0.1, -0.05) is 12.1 Å². The van der Waals surface area contributed by atoms with Crippen LogP contribution in [0.3, 0.4) is 0 Å². The van der Waals surface area contributed by atoms with E-state index in [9.17, 15) is 4.79 Å². The first-order chi connectivity index (χ1) is 10.2. The van der Waals surface area contributed by atoms with Crippen LogP contribution >= 0.6 is 0 Å². The predicted molar refractivity (Wildman–Crippen MR) is 80.9 cm³/mol. The van der Waals surface area contributed by atoms with Crippen LogP contribution in [0.25, 0.3) is 0 Å². The highest BCUT2D eigenvalue weighted by atomic mass is 16.2. The van der Waals surface area contributed by atoms with Gasteiger partial charge in [-0.05, 0) is 30.2 Å². The van der Waals surface area contributed by atoms with E-state index in [4.69, 9.17) is 0 Å². The van der Waals surface area contributed by atoms with Crippen LogP contribution in [0.1, 0.15) is 27.3 Å². The molecule has 21 heavy (non-hydrogen) atoms. The van der Waals surface area contributed by atoms with Gasteiger partial charge in [0.2, 0.25) is 0 Å². The fourth-order valence-corrected chi connectivity index (χ4v) is 2.77. The molecule has 110 valence electrons. The topological polar surface area (TPSA) is 50.2 Å². The minimum absolute atomic E-state index is 0.0664. The highest BCUT2D eigenvalue weighted by Crippen LogP contribution is 2.20. The van der Waals surface area contributed by atoms with Crippen molar-refractivity contribution >= 4 is 5.91 Å². The van der Waals surface area contributed by atoms with Crippen molar-refractivity contribution in [3.8, 4) is 0 Å². The molecule has 0 radical (unpaired) electrons. The first kappa shape index (κ1) is 13.8. The summed E-state index contributed by atoms with van der Waals surface area (Å²) in [5.41, 5.74) is 3.25. The molecular formula is C16H20N4O. The lowest BCUT2D eigenvalue weighted by Gasteiger charge is -2.23. The maximum atomic E-state index is 12.7. The van der Waals surface area contributed by atoms with Gasteiger partial charge in [-0.15, -0.1) is 0 Å². The zero-order chi connectivity index (χ0) is 14.8. The van der Waals surface area contributed by atoms with Gasteiger partial charge in [0.25, 0.3) is 5.91 Å². The van der Waals surface area contributed by atoms with Crippen LogP contribution in [0.4, 0.5) is 0 Å². The maximum Gasteiger partial charge on any atom is 0.254 e. The number of benzene rings is 1. The van der Waals surface area contributed by atoms with Gasteiger partial charge in [0.1, 0.15) is 5.82 Å². The van der Waals surface area contributed by atoms with E-state index in [-0.39, 0.29) is 5.91 Å². The summed E-state index contributed by atoms with van der Waals surface area (Å²) in [4.78, 5) is 18.7. The fourth-order valence-electron chi connectivity index (χ4n) is 2.77. The van der Waals surface area contributed by atoms with Crippen molar-refractivity contribution in [2.45, 2.75) is 19.5 Å². The van der Waals surface area contributed by atoms with E-state index in [0.717, 1.165) is 30.9 Å². The SMILES string of the molecule is CN(Cc1nccn1C)C(=O)c1cccc2c1CCNC2. The molecule has 1 N–H and O–H groups in total. The van der Waals surface area contributed by atoms with Crippen molar-refractivity contribution in [3.05, 3.63) is 53.1 Å². The number of fused-ring (bicyclic) bond motifs is 1. The zero-order valence-electron chi connectivity index (χ0n) is 12.5. The van der Waals surface area contributed by atoms with E-state index in [1.807, 2.05) is 37.0 Å². The first-order valence-electron chi connectivity index (χ1n) is 7.20. The van der Waals surface area contributed by atoms with Crippen LogP contribution in [-0.4, -0.2) is 34.0 Å². The summed E-state index contributed by atoms with van der Waals surface area (Å²) >= 11 is 0. The Morgan fingerprint density at radius 2 is 2.33 bits per heavy atom. The zero-order valence-corrected chi connectivity index (χ0v) is 12.5. The molecule has 3 rings (SSSR count). The molecule has 0 bridgehead atoms. The van der Waals surface area contributed by atoms with E-state index in [1.54, 1.807) is 11.1 Å². The number of imidazole rings is 1. The van der Waals surface area contributed by atoms with Gasteiger partial charge >= 0.3 is 0 Å². The molecule has 1 aliphatic rings. The van der Waals surface area contributed by atoms with Crippen LogP contribution in [0, 0.1) is 0 Å². The minimum atomic E-state index is 0.0664. The predicted octanol–water partition coefficient (Wildman–Crippen LogP) is 1.34. The van der Waals surface area contributed by atoms with E-state index in [2.05, 4.69) is 16.4 Å². The van der Waals surface area contributed by atoms with Gasteiger partial charge in [0, 0.05) is 38.6 Å². The Morgan fingerprint density at radius 3 is 3.10 bits per heavy atom. The van der Waals surface area contributed by atoms with Gasteiger partial charge in [-0.2, -0.15) is 0 Å². The summed E-state index contributed by atoms with van der Waals surface area (Å²) in [5.74, 6) is 0.953. The minimum Gasteiger partial charge on any atom is -0.337 e. The van der Waals surface area contributed by atoms with Crippen molar-refractivity contribution in [1.82, 2.24) is 19.8 Å².